The molecule has 0 fully saturated rings. The molecule has 0 saturated carbocycles. The van der Waals surface area contributed by atoms with Crippen molar-refractivity contribution in [3.05, 3.63) is 35.9 Å². The van der Waals surface area contributed by atoms with Crippen molar-refractivity contribution in [2.75, 3.05) is 6.61 Å². The molecule has 0 saturated heterocycles. The van der Waals surface area contributed by atoms with Crippen LogP contribution in [0.1, 0.15) is 33.3 Å². The van der Waals surface area contributed by atoms with E-state index >= 15 is 0 Å². The standard InChI is InChI=1S/C15H23NO3S/c1-5-19-14(17)13(15(2,3)4)16-20(18)11-12-9-7-6-8-10-12/h6-10,13,16H,5,11H2,1-4H3/t13-,20+/m1/s1. The Morgan fingerprint density at radius 3 is 2.40 bits per heavy atom. The zero-order valence-corrected chi connectivity index (χ0v) is 13.3. The van der Waals surface area contributed by atoms with Gasteiger partial charge in [0, 0.05) is 0 Å². The van der Waals surface area contributed by atoms with Crippen LogP contribution in [0.3, 0.4) is 0 Å². The average Bonchev–Trinajstić information content (AvgIpc) is 2.36. The third kappa shape index (κ3) is 5.43. The predicted molar refractivity (Wildman–Crippen MR) is 81.3 cm³/mol. The number of hydrogen-bond donors (Lipinski definition) is 1. The molecule has 5 heteroatoms. The highest BCUT2D eigenvalue weighted by Crippen LogP contribution is 2.21. The van der Waals surface area contributed by atoms with Crippen LogP contribution < -0.4 is 4.72 Å². The van der Waals surface area contributed by atoms with E-state index < -0.39 is 17.0 Å². The molecule has 4 nitrogen and oxygen atoms in total. The number of benzene rings is 1. The molecule has 20 heavy (non-hydrogen) atoms. The lowest BCUT2D eigenvalue weighted by Gasteiger charge is -2.28. The van der Waals surface area contributed by atoms with Gasteiger partial charge in [-0.1, -0.05) is 51.1 Å². The smallest absolute Gasteiger partial charge is 0.324 e. The Hall–Kier alpha value is -1.20. The molecule has 0 aliphatic heterocycles. The van der Waals surface area contributed by atoms with E-state index in [-0.39, 0.29) is 11.4 Å². The first-order chi connectivity index (χ1) is 9.34. The molecule has 1 aromatic carbocycles. The highest BCUT2D eigenvalue weighted by Gasteiger charge is 2.33. The van der Waals surface area contributed by atoms with E-state index in [0.29, 0.717) is 12.4 Å². The van der Waals surface area contributed by atoms with Crippen LogP contribution in [-0.2, 0) is 26.3 Å². The van der Waals surface area contributed by atoms with Crippen molar-refractivity contribution >= 4 is 17.0 Å². The van der Waals surface area contributed by atoms with E-state index in [0.717, 1.165) is 5.56 Å². The van der Waals surface area contributed by atoms with Gasteiger partial charge in [-0.25, -0.2) is 8.93 Å². The number of carbonyl (C=O) groups excluding carboxylic acids is 1. The van der Waals surface area contributed by atoms with Gasteiger partial charge in [0.1, 0.15) is 6.04 Å². The summed E-state index contributed by atoms with van der Waals surface area (Å²) in [5.41, 5.74) is 0.605. The van der Waals surface area contributed by atoms with Gasteiger partial charge < -0.3 is 4.74 Å². The normalized spacial score (nSPS) is 14.6. The molecule has 0 aliphatic rings. The zero-order valence-electron chi connectivity index (χ0n) is 12.5. The number of rotatable bonds is 6. The number of esters is 1. The fourth-order valence-corrected chi connectivity index (χ4v) is 2.99. The van der Waals surface area contributed by atoms with Gasteiger partial charge in [-0.15, -0.1) is 0 Å². The summed E-state index contributed by atoms with van der Waals surface area (Å²) in [4.78, 5) is 12.0. The van der Waals surface area contributed by atoms with Crippen LogP contribution in [0, 0.1) is 5.41 Å². The summed E-state index contributed by atoms with van der Waals surface area (Å²) in [6.07, 6.45) is 0. The van der Waals surface area contributed by atoms with Crippen molar-refractivity contribution in [2.24, 2.45) is 5.41 Å². The average molecular weight is 297 g/mol. The maximum Gasteiger partial charge on any atom is 0.324 e. The number of nitrogens with one attached hydrogen (secondary N) is 1. The minimum atomic E-state index is -1.32. The van der Waals surface area contributed by atoms with Crippen molar-refractivity contribution in [2.45, 2.75) is 39.5 Å². The van der Waals surface area contributed by atoms with Crippen LogP contribution in [0.25, 0.3) is 0 Å². The summed E-state index contributed by atoms with van der Waals surface area (Å²) >= 11 is 0. The molecule has 0 heterocycles. The molecular formula is C15H23NO3S. The molecule has 0 unspecified atom stereocenters. The fraction of sp³-hybridized carbons (Fsp3) is 0.533. The number of hydrogen-bond acceptors (Lipinski definition) is 3. The second kappa shape index (κ2) is 7.55. The molecule has 1 N–H and O–H groups in total. The first-order valence-electron chi connectivity index (χ1n) is 6.69. The summed E-state index contributed by atoms with van der Waals surface area (Å²) < 4.78 is 20.1. The van der Waals surface area contributed by atoms with Crippen molar-refractivity contribution in [1.29, 1.82) is 0 Å². The lowest BCUT2D eigenvalue weighted by Crippen LogP contribution is -2.48. The lowest BCUT2D eigenvalue weighted by atomic mass is 9.87. The molecule has 0 radical (unpaired) electrons. The first kappa shape index (κ1) is 16.9. The van der Waals surface area contributed by atoms with Gasteiger partial charge in [-0.2, -0.15) is 0 Å². The minimum Gasteiger partial charge on any atom is -0.465 e. The SMILES string of the molecule is CCOC(=O)[C@@H](N[S@@](=O)Cc1ccccc1)C(C)(C)C. The Bertz CT molecular complexity index is 454. The second-order valence-corrected chi connectivity index (χ2v) is 6.86. The monoisotopic (exact) mass is 297 g/mol. The Morgan fingerprint density at radius 2 is 1.90 bits per heavy atom. The molecule has 2 atom stereocenters. The number of carbonyl (C=O) groups is 1. The van der Waals surface area contributed by atoms with E-state index in [1.54, 1.807) is 6.92 Å². The van der Waals surface area contributed by atoms with Crippen LogP contribution >= 0.6 is 0 Å². The largest absolute Gasteiger partial charge is 0.465 e. The van der Waals surface area contributed by atoms with Crippen LogP contribution in [-0.4, -0.2) is 22.8 Å². The first-order valence-corrected chi connectivity index (χ1v) is 8.01. The van der Waals surface area contributed by atoms with Gasteiger partial charge in [0.2, 0.25) is 0 Å². The van der Waals surface area contributed by atoms with Crippen LogP contribution in [0.4, 0.5) is 0 Å². The lowest BCUT2D eigenvalue weighted by molar-refractivity contribution is -0.147. The molecular weight excluding hydrogens is 274 g/mol. The van der Waals surface area contributed by atoms with Gasteiger partial charge in [-0.3, -0.25) is 4.79 Å². The van der Waals surface area contributed by atoms with Gasteiger partial charge >= 0.3 is 5.97 Å². The topological polar surface area (TPSA) is 55.4 Å². The zero-order chi connectivity index (χ0) is 15.2. The van der Waals surface area contributed by atoms with Crippen molar-refractivity contribution in [3.8, 4) is 0 Å². The highest BCUT2D eigenvalue weighted by atomic mass is 32.2. The Balaban J connectivity index is 2.70. The molecule has 0 aromatic heterocycles. The molecule has 0 spiro atoms. The van der Waals surface area contributed by atoms with Gasteiger partial charge in [-0.05, 0) is 17.9 Å². The third-order valence-electron chi connectivity index (χ3n) is 2.78. The second-order valence-electron chi connectivity index (χ2n) is 5.64. The maximum atomic E-state index is 12.2. The minimum absolute atomic E-state index is 0.318. The fourth-order valence-electron chi connectivity index (χ4n) is 1.70. The summed E-state index contributed by atoms with van der Waals surface area (Å²) in [6, 6.07) is 8.95. The van der Waals surface area contributed by atoms with Crippen LogP contribution in [0.15, 0.2) is 30.3 Å². The Labute approximate surface area is 123 Å². The van der Waals surface area contributed by atoms with Gasteiger partial charge in [0.05, 0.1) is 23.3 Å². The Morgan fingerprint density at radius 1 is 1.30 bits per heavy atom. The summed E-state index contributed by atoms with van der Waals surface area (Å²) in [5, 5.41) is 0. The molecule has 1 rings (SSSR count). The van der Waals surface area contributed by atoms with Crippen molar-refractivity contribution < 1.29 is 13.7 Å². The van der Waals surface area contributed by atoms with Gasteiger partial charge in [0.25, 0.3) is 0 Å². The number of ether oxygens (including phenoxy) is 1. The van der Waals surface area contributed by atoms with E-state index in [4.69, 9.17) is 4.74 Å². The van der Waals surface area contributed by atoms with Crippen molar-refractivity contribution in [1.82, 2.24) is 4.72 Å². The van der Waals surface area contributed by atoms with Crippen LogP contribution in [0.2, 0.25) is 0 Å². The third-order valence-corrected chi connectivity index (χ3v) is 3.87. The van der Waals surface area contributed by atoms with E-state index in [1.165, 1.54) is 0 Å². The predicted octanol–water partition coefficient (Wildman–Crippen LogP) is 2.42. The van der Waals surface area contributed by atoms with E-state index in [1.807, 2.05) is 51.1 Å². The maximum absolute atomic E-state index is 12.2. The highest BCUT2D eigenvalue weighted by molar-refractivity contribution is 7.82. The quantitative estimate of drug-likeness (QED) is 0.820. The van der Waals surface area contributed by atoms with E-state index in [2.05, 4.69) is 4.72 Å². The molecule has 0 amide bonds. The summed E-state index contributed by atoms with van der Waals surface area (Å²) in [7, 11) is -1.32. The van der Waals surface area contributed by atoms with Gasteiger partial charge in [0.15, 0.2) is 0 Å². The van der Waals surface area contributed by atoms with Crippen LogP contribution in [0.5, 0.6) is 0 Å². The molecule has 0 aliphatic carbocycles. The summed E-state index contributed by atoms with van der Waals surface area (Å²) in [5.74, 6) is 0.00808. The molecule has 0 bridgehead atoms. The molecule has 1 aromatic rings. The molecule has 112 valence electrons. The summed E-state index contributed by atoms with van der Waals surface area (Å²) in [6.45, 7) is 7.83. The van der Waals surface area contributed by atoms with E-state index in [9.17, 15) is 9.00 Å². The van der Waals surface area contributed by atoms with Crippen molar-refractivity contribution in [3.63, 3.8) is 0 Å². The Kier molecular flexibility index (Phi) is 6.36.